The number of carbonyl (C=O) groups excluding carboxylic acids is 1. The number of methoxy groups -OCH3 is 2. The van der Waals surface area contributed by atoms with Crippen molar-refractivity contribution in [2.45, 2.75) is 39.5 Å². The molecule has 0 atom stereocenters. The number of carbonyl (C=O) groups is 1. The van der Waals surface area contributed by atoms with Crippen LogP contribution in [0.4, 0.5) is 0 Å². The maximum absolute atomic E-state index is 12.5. The molecular formula is C18H22O3. The zero-order valence-corrected chi connectivity index (χ0v) is 13.2. The van der Waals surface area contributed by atoms with Crippen molar-refractivity contribution >= 4 is 11.4 Å². The second kappa shape index (κ2) is 4.90. The molecule has 0 amide bonds. The van der Waals surface area contributed by atoms with Crippen LogP contribution in [0.3, 0.4) is 0 Å². The molecule has 0 radical (unpaired) electrons. The number of fused-ring (bicyclic) bond motifs is 2. The highest BCUT2D eigenvalue weighted by atomic mass is 16.5. The minimum absolute atomic E-state index is 0.119. The lowest BCUT2D eigenvalue weighted by Gasteiger charge is -2.38. The van der Waals surface area contributed by atoms with Gasteiger partial charge in [0.05, 0.1) is 14.2 Å². The third-order valence-electron chi connectivity index (χ3n) is 4.90. The molecule has 0 saturated carbocycles. The number of benzene rings is 1. The highest BCUT2D eigenvalue weighted by Crippen LogP contribution is 2.49. The van der Waals surface area contributed by atoms with E-state index in [2.05, 4.69) is 13.8 Å². The minimum atomic E-state index is 0.119. The van der Waals surface area contributed by atoms with E-state index in [-0.39, 0.29) is 11.2 Å². The molecule has 0 heterocycles. The Bertz CT molecular complexity index is 638. The van der Waals surface area contributed by atoms with Crippen LogP contribution in [-0.2, 0) is 11.2 Å². The molecule has 1 aromatic rings. The molecular weight excluding hydrogens is 264 g/mol. The number of ether oxygens (including phenoxy) is 2. The third kappa shape index (κ3) is 2.15. The van der Waals surface area contributed by atoms with E-state index in [1.54, 1.807) is 14.2 Å². The van der Waals surface area contributed by atoms with E-state index < -0.39 is 0 Å². The smallest absolute Gasteiger partial charge is 0.163 e. The van der Waals surface area contributed by atoms with Crippen LogP contribution in [0.25, 0.3) is 5.57 Å². The van der Waals surface area contributed by atoms with Gasteiger partial charge in [-0.2, -0.15) is 0 Å². The summed E-state index contributed by atoms with van der Waals surface area (Å²) < 4.78 is 10.8. The first-order valence-corrected chi connectivity index (χ1v) is 7.50. The molecule has 3 rings (SSSR count). The Kier molecular flexibility index (Phi) is 3.31. The van der Waals surface area contributed by atoms with Crippen molar-refractivity contribution in [3.63, 3.8) is 0 Å². The van der Waals surface area contributed by atoms with E-state index in [9.17, 15) is 4.79 Å². The number of Topliss-reactive ketones (excluding diaryl/α,β-unsaturated/α-hetero) is 1. The fraction of sp³-hybridized carbons (Fsp3) is 0.500. The normalized spacial score (nSPS) is 19.9. The first-order valence-electron chi connectivity index (χ1n) is 7.50. The van der Waals surface area contributed by atoms with Crippen molar-refractivity contribution in [3.8, 4) is 11.5 Å². The van der Waals surface area contributed by atoms with Crippen LogP contribution in [0.15, 0.2) is 17.7 Å². The molecule has 2 aliphatic rings. The largest absolute Gasteiger partial charge is 0.493 e. The van der Waals surface area contributed by atoms with Gasteiger partial charge in [0.15, 0.2) is 17.3 Å². The molecule has 0 N–H and O–H groups in total. The molecule has 1 aromatic carbocycles. The molecule has 0 aliphatic heterocycles. The van der Waals surface area contributed by atoms with Gasteiger partial charge < -0.3 is 9.47 Å². The first-order chi connectivity index (χ1) is 9.97. The van der Waals surface area contributed by atoms with E-state index in [1.165, 1.54) is 11.1 Å². The van der Waals surface area contributed by atoms with E-state index in [4.69, 9.17) is 9.47 Å². The van der Waals surface area contributed by atoms with Gasteiger partial charge in [-0.15, -0.1) is 0 Å². The average Bonchev–Trinajstić information content (AvgIpc) is 2.49. The predicted octanol–water partition coefficient (Wildman–Crippen LogP) is 3.79. The van der Waals surface area contributed by atoms with Gasteiger partial charge >= 0.3 is 0 Å². The van der Waals surface area contributed by atoms with E-state index in [0.29, 0.717) is 12.2 Å². The summed E-state index contributed by atoms with van der Waals surface area (Å²) in [6, 6.07) is 3.99. The summed E-state index contributed by atoms with van der Waals surface area (Å²) in [6.45, 7) is 4.50. The van der Waals surface area contributed by atoms with Gasteiger partial charge in [0.1, 0.15) is 0 Å². The molecule has 2 aliphatic carbocycles. The van der Waals surface area contributed by atoms with Crippen molar-refractivity contribution < 1.29 is 14.3 Å². The second-order valence-electron chi connectivity index (χ2n) is 6.52. The zero-order chi connectivity index (χ0) is 15.2. The van der Waals surface area contributed by atoms with Crippen LogP contribution in [0.5, 0.6) is 11.5 Å². The predicted molar refractivity (Wildman–Crippen MR) is 82.8 cm³/mol. The van der Waals surface area contributed by atoms with Gasteiger partial charge in [-0.1, -0.05) is 19.4 Å². The van der Waals surface area contributed by atoms with Gasteiger partial charge in [0.2, 0.25) is 0 Å². The molecule has 0 spiro atoms. The summed E-state index contributed by atoms with van der Waals surface area (Å²) in [5, 5.41) is 0. The van der Waals surface area contributed by atoms with Crippen LogP contribution in [0.1, 0.15) is 44.2 Å². The number of aryl methyl sites for hydroxylation is 1. The maximum Gasteiger partial charge on any atom is 0.163 e. The summed E-state index contributed by atoms with van der Waals surface area (Å²) in [7, 11) is 3.28. The average molecular weight is 286 g/mol. The van der Waals surface area contributed by atoms with Crippen LogP contribution in [0, 0.1) is 5.41 Å². The molecule has 3 nitrogen and oxygen atoms in total. The summed E-state index contributed by atoms with van der Waals surface area (Å²) in [5.41, 5.74) is 4.62. The first kappa shape index (κ1) is 14.2. The monoisotopic (exact) mass is 286 g/mol. The van der Waals surface area contributed by atoms with Crippen molar-refractivity contribution in [1.82, 2.24) is 0 Å². The Morgan fingerprint density at radius 3 is 2.33 bits per heavy atom. The van der Waals surface area contributed by atoms with Crippen LogP contribution in [0.2, 0.25) is 0 Å². The minimum Gasteiger partial charge on any atom is -0.493 e. The molecule has 112 valence electrons. The second-order valence-corrected chi connectivity index (χ2v) is 6.52. The quantitative estimate of drug-likeness (QED) is 0.829. The fourth-order valence-electron chi connectivity index (χ4n) is 3.61. The third-order valence-corrected chi connectivity index (χ3v) is 4.90. The molecule has 21 heavy (non-hydrogen) atoms. The number of hydrogen-bond donors (Lipinski definition) is 0. The van der Waals surface area contributed by atoms with Crippen LogP contribution in [-0.4, -0.2) is 20.0 Å². The molecule has 0 saturated heterocycles. The van der Waals surface area contributed by atoms with Gasteiger partial charge in [-0.3, -0.25) is 4.79 Å². The molecule has 0 fully saturated rings. The van der Waals surface area contributed by atoms with Gasteiger partial charge in [-0.05, 0) is 47.9 Å². The summed E-state index contributed by atoms with van der Waals surface area (Å²) in [5.74, 6) is 1.71. The van der Waals surface area contributed by atoms with Crippen molar-refractivity contribution in [3.05, 3.63) is 28.8 Å². The summed E-state index contributed by atoms with van der Waals surface area (Å²) in [6.07, 6.45) is 3.52. The SMILES string of the molecule is COc1cc2c(cc1OC)C1=C(CC2)C(C)(C)CCC1=O. The zero-order valence-electron chi connectivity index (χ0n) is 13.2. The van der Waals surface area contributed by atoms with Crippen LogP contribution >= 0.6 is 0 Å². The Balaban J connectivity index is 2.23. The van der Waals surface area contributed by atoms with E-state index in [1.807, 2.05) is 12.1 Å². The maximum atomic E-state index is 12.5. The van der Waals surface area contributed by atoms with Crippen molar-refractivity contribution in [2.24, 2.45) is 5.41 Å². The van der Waals surface area contributed by atoms with Crippen molar-refractivity contribution in [2.75, 3.05) is 14.2 Å². The Hall–Kier alpha value is -1.77. The molecule has 0 bridgehead atoms. The number of rotatable bonds is 2. The Morgan fingerprint density at radius 2 is 1.67 bits per heavy atom. The highest BCUT2D eigenvalue weighted by molar-refractivity contribution is 6.23. The molecule has 3 heteroatoms. The van der Waals surface area contributed by atoms with Gasteiger partial charge in [0.25, 0.3) is 0 Å². The lowest BCUT2D eigenvalue weighted by Crippen LogP contribution is -2.28. The number of ketones is 1. The summed E-state index contributed by atoms with van der Waals surface area (Å²) in [4.78, 5) is 12.5. The standard InChI is InChI=1S/C18H22O3/c1-18(2)8-7-14(19)17-12-10-16(21-4)15(20-3)9-11(12)5-6-13(17)18/h9-10H,5-8H2,1-4H3. The fourth-order valence-corrected chi connectivity index (χ4v) is 3.61. The Labute approximate surface area is 125 Å². The van der Waals surface area contributed by atoms with Gasteiger partial charge in [0, 0.05) is 12.0 Å². The van der Waals surface area contributed by atoms with Crippen molar-refractivity contribution in [1.29, 1.82) is 0 Å². The highest BCUT2D eigenvalue weighted by Gasteiger charge is 2.37. The number of allylic oxidation sites excluding steroid dienone is 2. The van der Waals surface area contributed by atoms with Crippen LogP contribution < -0.4 is 9.47 Å². The van der Waals surface area contributed by atoms with E-state index in [0.717, 1.165) is 36.1 Å². The Morgan fingerprint density at radius 1 is 1.00 bits per heavy atom. The lowest BCUT2D eigenvalue weighted by atomic mass is 9.66. The molecule has 0 unspecified atom stereocenters. The topological polar surface area (TPSA) is 35.5 Å². The molecule has 0 aromatic heterocycles. The van der Waals surface area contributed by atoms with E-state index >= 15 is 0 Å². The van der Waals surface area contributed by atoms with Gasteiger partial charge in [-0.25, -0.2) is 0 Å². The number of hydrogen-bond acceptors (Lipinski definition) is 3. The lowest BCUT2D eigenvalue weighted by molar-refractivity contribution is -0.114. The summed E-state index contributed by atoms with van der Waals surface area (Å²) >= 11 is 0.